The molecule has 1 aliphatic heterocycles. The zero-order valence-electron chi connectivity index (χ0n) is 8.82. The molecule has 5 nitrogen and oxygen atoms in total. The number of carboxylic acids is 1. The van der Waals surface area contributed by atoms with Crippen molar-refractivity contribution in [2.24, 2.45) is 0 Å². The van der Waals surface area contributed by atoms with Crippen molar-refractivity contribution in [3.8, 4) is 0 Å². The summed E-state index contributed by atoms with van der Waals surface area (Å²) < 4.78 is 10.3. The average Bonchev–Trinajstić information content (AvgIpc) is 2.27. The Kier molecular flexibility index (Phi) is 4.28. The van der Waals surface area contributed by atoms with Gasteiger partial charge in [-0.2, -0.15) is 0 Å². The van der Waals surface area contributed by atoms with Gasteiger partial charge in [0.25, 0.3) is 15.7 Å². The number of hydrogen-bond donors (Lipinski definition) is 1. The number of carbonyl (C=O) groups excluding carboxylic acids is 1. The number of ether oxygens (including phenoxy) is 1. The Morgan fingerprint density at radius 2 is 2.27 bits per heavy atom. The first-order valence-electron chi connectivity index (χ1n) is 5.14. The van der Waals surface area contributed by atoms with Crippen molar-refractivity contribution in [3.63, 3.8) is 0 Å². The molecule has 1 N–H and O–H groups in total. The molecule has 0 bridgehead atoms. The summed E-state index contributed by atoms with van der Waals surface area (Å²) in [5.74, 6) is -1.32. The number of carboxylic acid groups (broad SMARTS) is 1. The SMILES string of the molecule is CCC(=O)O[SiH2]C1(C(=O)O)CCCCO1. The van der Waals surface area contributed by atoms with Crippen LogP contribution in [0.4, 0.5) is 0 Å². The van der Waals surface area contributed by atoms with E-state index in [1.165, 1.54) is 0 Å². The van der Waals surface area contributed by atoms with E-state index in [2.05, 4.69) is 0 Å². The Labute approximate surface area is 90.7 Å². The summed E-state index contributed by atoms with van der Waals surface area (Å²) in [6.45, 7) is 2.13. The maximum Gasteiger partial charge on any atom is 0.335 e. The first-order valence-corrected chi connectivity index (χ1v) is 6.42. The van der Waals surface area contributed by atoms with Gasteiger partial charge in [0.15, 0.2) is 5.22 Å². The van der Waals surface area contributed by atoms with Gasteiger partial charge < -0.3 is 14.3 Å². The monoisotopic (exact) mass is 232 g/mol. The molecular formula is C9H16O5Si. The van der Waals surface area contributed by atoms with Crippen molar-refractivity contribution < 1.29 is 23.9 Å². The summed E-state index contributed by atoms with van der Waals surface area (Å²) in [5.41, 5.74) is 0. The van der Waals surface area contributed by atoms with Crippen LogP contribution < -0.4 is 0 Å². The van der Waals surface area contributed by atoms with Gasteiger partial charge in [0.2, 0.25) is 0 Å². The zero-order valence-corrected chi connectivity index (χ0v) is 10.2. The van der Waals surface area contributed by atoms with Crippen LogP contribution >= 0.6 is 0 Å². The molecule has 0 radical (unpaired) electrons. The zero-order chi connectivity index (χ0) is 11.3. The maximum atomic E-state index is 11.1. The van der Waals surface area contributed by atoms with Crippen molar-refractivity contribution in [1.82, 2.24) is 0 Å². The summed E-state index contributed by atoms with van der Waals surface area (Å²) in [6, 6.07) is 0. The van der Waals surface area contributed by atoms with Crippen LogP contribution in [0.5, 0.6) is 0 Å². The number of carbonyl (C=O) groups is 2. The van der Waals surface area contributed by atoms with Gasteiger partial charge in [-0.15, -0.1) is 0 Å². The van der Waals surface area contributed by atoms with E-state index in [1.807, 2.05) is 0 Å². The second-order valence-electron chi connectivity index (χ2n) is 3.62. The lowest BCUT2D eigenvalue weighted by atomic mass is 10.1. The molecule has 6 heteroatoms. The van der Waals surface area contributed by atoms with Crippen LogP contribution in [0.25, 0.3) is 0 Å². The fourth-order valence-electron chi connectivity index (χ4n) is 1.50. The molecule has 0 amide bonds. The summed E-state index contributed by atoms with van der Waals surface area (Å²) in [7, 11) is -1.52. The van der Waals surface area contributed by atoms with Crippen molar-refractivity contribution in [1.29, 1.82) is 0 Å². The molecule has 1 unspecified atom stereocenters. The lowest BCUT2D eigenvalue weighted by Crippen LogP contribution is -2.51. The van der Waals surface area contributed by atoms with E-state index in [0.717, 1.165) is 12.8 Å². The fourth-order valence-corrected chi connectivity index (χ4v) is 2.84. The maximum absolute atomic E-state index is 11.1. The predicted molar refractivity (Wildman–Crippen MR) is 55.1 cm³/mol. The van der Waals surface area contributed by atoms with Gasteiger partial charge >= 0.3 is 5.97 Å². The van der Waals surface area contributed by atoms with E-state index in [-0.39, 0.29) is 12.4 Å². The molecule has 1 fully saturated rings. The molecule has 86 valence electrons. The van der Waals surface area contributed by atoms with Crippen LogP contribution in [-0.2, 0) is 18.8 Å². The van der Waals surface area contributed by atoms with E-state index in [9.17, 15) is 9.59 Å². The van der Waals surface area contributed by atoms with Gasteiger partial charge in [0.05, 0.1) is 0 Å². The Balaban J connectivity index is 2.57. The lowest BCUT2D eigenvalue weighted by Gasteiger charge is -2.32. The van der Waals surface area contributed by atoms with E-state index in [1.54, 1.807) is 6.92 Å². The highest BCUT2D eigenvalue weighted by atomic mass is 28.2. The molecule has 1 saturated heterocycles. The standard InChI is InChI=1S/C9H16O5Si/c1-2-7(10)14-15-9(8(11)12)5-3-4-6-13-9/h2-6,15H2,1H3,(H,11,12). The van der Waals surface area contributed by atoms with Gasteiger partial charge in [-0.3, -0.25) is 4.79 Å². The van der Waals surface area contributed by atoms with Gasteiger partial charge in [0, 0.05) is 13.0 Å². The molecule has 0 aliphatic carbocycles. The Morgan fingerprint density at radius 1 is 1.53 bits per heavy atom. The summed E-state index contributed by atoms with van der Waals surface area (Å²) >= 11 is 0. The summed E-state index contributed by atoms with van der Waals surface area (Å²) in [4.78, 5) is 22.1. The first-order chi connectivity index (χ1) is 7.10. The number of rotatable bonds is 4. The van der Waals surface area contributed by atoms with E-state index < -0.39 is 21.0 Å². The Hall–Kier alpha value is -0.883. The molecule has 1 atom stereocenters. The predicted octanol–water partition coefficient (Wildman–Crippen LogP) is 0.00480. The quantitative estimate of drug-likeness (QED) is 0.691. The van der Waals surface area contributed by atoms with Crippen LogP contribution in [0.3, 0.4) is 0 Å². The molecule has 0 aromatic carbocycles. The number of aliphatic carboxylic acids is 1. The highest BCUT2D eigenvalue weighted by Crippen LogP contribution is 2.24. The minimum atomic E-state index is -1.52. The Morgan fingerprint density at radius 3 is 2.73 bits per heavy atom. The first kappa shape index (κ1) is 12.2. The van der Waals surface area contributed by atoms with Crippen LogP contribution in [0.2, 0.25) is 0 Å². The van der Waals surface area contributed by atoms with Crippen LogP contribution in [0, 0.1) is 0 Å². The van der Waals surface area contributed by atoms with Crippen molar-refractivity contribution >= 4 is 21.7 Å². The number of hydrogen-bond acceptors (Lipinski definition) is 4. The third-order valence-electron chi connectivity index (χ3n) is 2.50. The Bertz CT molecular complexity index is 247. The minimum Gasteiger partial charge on any atom is -0.521 e. The lowest BCUT2D eigenvalue weighted by molar-refractivity contribution is -0.161. The third-order valence-corrected chi connectivity index (χ3v) is 4.29. The highest BCUT2D eigenvalue weighted by Gasteiger charge is 2.43. The third kappa shape index (κ3) is 3.03. The van der Waals surface area contributed by atoms with Crippen LogP contribution in [0.1, 0.15) is 32.6 Å². The van der Waals surface area contributed by atoms with E-state index >= 15 is 0 Å². The minimum absolute atomic E-state index is 0.280. The molecule has 0 spiro atoms. The summed E-state index contributed by atoms with van der Waals surface area (Å²) in [5, 5.41) is 7.92. The van der Waals surface area contributed by atoms with Gasteiger partial charge in [-0.05, 0) is 19.3 Å². The van der Waals surface area contributed by atoms with Crippen molar-refractivity contribution in [2.45, 2.75) is 37.8 Å². The normalized spacial score (nSPS) is 26.7. The second kappa shape index (κ2) is 5.27. The largest absolute Gasteiger partial charge is 0.521 e. The molecule has 1 aliphatic rings. The molecule has 1 rings (SSSR count). The smallest absolute Gasteiger partial charge is 0.335 e. The van der Waals surface area contributed by atoms with Gasteiger partial charge in [-0.1, -0.05) is 6.92 Å². The van der Waals surface area contributed by atoms with E-state index in [4.69, 9.17) is 14.3 Å². The fraction of sp³-hybridized carbons (Fsp3) is 0.778. The van der Waals surface area contributed by atoms with Gasteiger partial charge in [0.1, 0.15) is 0 Å². The van der Waals surface area contributed by atoms with Gasteiger partial charge in [-0.25, -0.2) is 4.79 Å². The molecule has 0 aromatic heterocycles. The molecule has 0 aromatic rings. The topological polar surface area (TPSA) is 72.8 Å². The molecule has 0 saturated carbocycles. The molecule has 1 heterocycles. The average molecular weight is 232 g/mol. The van der Waals surface area contributed by atoms with Crippen LogP contribution in [0.15, 0.2) is 0 Å². The summed E-state index contributed by atoms with van der Waals surface area (Å²) in [6.07, 6.45) is 2.45. The highest BCUT2D eigenvalue weighted by molar-refractivity contribution is 6.41. The van der Waals surface area contributed by atoms with Crippen LogP contribution in [-0.4, -0.2) is 38.6 Å². The van der Waals surface area contributed by atoms with Crippen molar-refractivity contribution in [2.75, 3.05) is 6.61 Å². The molecular weight excluding hydrogens is 216 g/mol. The van der Waals surface area contributed by atoms with Crippen molar-refractivity contribution in [3.05, 3.63) is 0 Å². The second-order valence-corrected chi connectivity index (χ2v) is 5.34. The van der Waals surface area contributed by atoms with E-state index in [0.29, 0.717) is 13.0 Å². The molecule has 15 heavy (non-hydrogen) atoms.